The Morgan fingerprint density at radius 3 is 2.71 bits per heavy atom. The predicted octanol–water partition coefficient (Wildman–Crippen LogP) is -0.491. The molecule has 2 N–H and O–H groups in total. The number of amides is 1. The highest BCUT2D eigenvalue weighted by atomic mass is 16.5. The molecule has 0 aromatic rings. The van der Waals surface area contributed by atoms with Gasteiger partial charge in [0.2, 0.25) is 5.91 Å². The molecule has 0 unspecified atom stereocenters. The number of ether oxygens (including phenoxy) is 1. The van der Waals surface area contributed by atoms with E-state index in [0.29, 0.717) is 13.1 Å². The van der Waals surface area contributed by atoms with Crippen LogP contribution in [0.2, 0.25) is 0 Å². The molecule has 0 spiro atoms. The highest BCUT2D eigenvalue weighted by Crippen LogP contribution is 2.15. The summed E-state index contributed by atoms with van der Waals surface area (Å²) in [5.41, 5.74) is -0.0141. The van der Waals surface area contributed by atoms with Gasteiger partial charge in [-0.05, 0) is 33.4 Å². The van der Waals surface area contributed by atoms with Crippen LogP contribution < -0.4 is 10.6 Å². The molecule has 0 aliphatic carbocycles. The summed E-state index contributed by atoms with van der Waals surface area (Å²) in [6.07, 6.45) is 1.12. The van der Waals surface area contributed by atoms with E-state index in [4.69, 9.17) is 4.74 Å². The molecule has 122 valence electrons. The van der Waals surface area contributed by atoms with Crippen molar-refractivity contribution in [2.24, 2.45) is 0 Å². The van der Waals surface area contributed by atoms with Crippen molar-refractivity contribution in [1.82, 2.24) is 20.4 Å². The molecule has 2 aliphatic heterocycles. The third-order valence-electron chi connectivity index (χ3n) is 4.39. The van der Waals surface area contributed by atoms with Gasteiger partial charge >= 0.3 is 0 Å². The van der Waals surface area contributed by atoms with Crippen molar-refractivity contribution >= 4 is 5.91 Å². The Balaban J connectivity index is 1.71. The average molecular weight is 298 g/mol. The van der Waals surface area contributed by atoms with Gasteiger partial charge in [0.25, 0.3) is 0 Å². The smallest absolute Gasteiger partial charge is 0.234 e. The summed E-state index contributed by atoms with van der Waals surface area (Å²) in [7, 11) is 0. The monoisotopic (exact) mass is 298 g/mol. The first kappa shape index (κ1) is 16.7. The Morgan fingerprint density at radius 1 is 1.19 bits per heavy atom. The second kappa shape index (κ2) is 8.08. The Morgan fingerprint density at radius 2 is 1.95 bits per heavy atom. The van der Waals surface area contributed by atoms with Crippen LogP contribution in [0.3, 0.4) is 0 Å². The van der Waals surface area contributed by atoms with Gasteiger partial charge in [-0.1, -0.05) is 0 Å². The average Bonchev–Trinajstić information content (AvgIpc) is 2.75. The fourth-order valence-corrected chi connectivity index (χ4v) is 2.91. The van der Waals surface area contributed by atoms with Crippen molar-refractivity contribution in [1.29, 1.82) is 0 Å². The van der Waals surface area contributed by atoms with Crippen LogP contribution in [0.1, 0.15) is 20.3 Å². The van der Waals surface area contributed by atoms with Crippen LogP contribution >= 0.6 is 0 Å². The first-order chi connectivity index (χ1) is 10.1. The number of morpholine rings is 1. The number of nitrogens with one attached hydrogen (secondary N) is 2. The number of rotatable bonds is 5. The molecule has 2 heterocycles. The van der Waals surface area contributed by atoms with Crippen molar-refractivity contribution in [2.75, 3.05) is 65.6 Å². The molecule has 2 saturated heterocycles. The van der Waals surface area contributed by atoms with E-state index in [-0.39, 0.29) is 11.4 Å². The largest absolute Gasteiger partial charge is 0.379 e. The van der Waals surface area contributed by atoms with Crippen LogP contribution in [0.15, 0.2) is 0 Å². The lowest BCUT2D eigenvalue weighted by atomic mass is 10.0. The minimum atomic E-state index is -0.0141. The third kappa shape index (κ3) is 5.54. The van der Waals surface area contributed by atoms with E-state index < -0.39 is 0 Å². The molecule has 21 heavy (non-hydrogen) atoms. The number of carbonyl (C=O) groups excluding carboxylic acids is 1. The van der Waals surface area contributed by atoms with Crippen LogP contribution in [0, 0.1) is 0 Å². The minimum absolute atomic E-state index is 0.0141. The van der Waals surface area contributed by atoms with Gasteiger partial charge in [-0.3, -0.25) is 14.6 Å². The van der Waals surface area contributed by atoms with Crippen molar-refractivity contribution in [3.8, 4) is 0 Å². The lowest BCUT2D eigenvalue weighted by Crippen LogP contribution is -2.56. The summed E-state index contributed by atoms with van der Waals surface area (Å²) < 4.78 is 5.39. The molecular weight excluding hydrogens is 268 g/mol. The normalized spacial score (nSPS) is 22.8. The Kier molecular flexibility index (Phi) is 6.41. The summed E-state index contributed by atoms with van der Waals surface area (Å²) in [5, 5.41) is 6.46. The van der Waals surface area contributed by atoms with Gasteiger partial charge in [0.1, 0.15) is 0 Å². The lowest BCUT2D eigenvalue weighted by Gasteiger charge is -2.41. The first-order valence-corrected chi connectivity index (χ1v) is 8.10. The summed E-state index contributed by atoms with van der Waals surface area (Å²) in [5.74, 6) is 0.137. The number of hydrogen-bond donors (Lipinski definition) is 2. The lowest BCUT2D eigenvalue weighted by molar-refractivity contribution is -0.123. The fraction of sp³-hybridized carbons (Fsp3) is 0.933. The summed E-state index contributed by atoms with van der Waals surface area (Å²) in [6, 6.07) is 0. The van der Waals surface area contributed by atoms with E-state index in [1.807, 2.05) is 0 Å². The van der Waals surface area contributed by atoms with Crippen LogP contribution in [-0.4, -0.2) is 86.8 Å². The van der Waals surface area contributed by atoms with Crippen molar-refractivity contribution < 1.29 is 9.53 Å². The minimum Gasteiger partial charge on any atom is -0.379 e. The van der Waals surface area contributed by atoms with Gasteiger partial charge in [0, 0.05) is 38.3 Å². The summed E-state index contributed by atoms with van der Waals surface area (Å²) in [6.45, 7) is 13.1. The van der Waals surface area contributed by atoms with Crippen LogP contribution in [0.25, 0.3) is 0 Å². The number of hydrogen-bond acceptors (Lipinski definition) is 5. The molecule has 0 saturated carbocycles. The molecule has 0 aromatic carbocycles. The molecule has 0 radical (unpaired) electrons. The molecule has 1 amide bonds. The van der Waals surface area contributed by atoms with Gasteiger partial charge < -0.3 is 15.4 Å². The van der Waals surface area contributed by atoms with Crippen molar-refractivity contribution in [3.05, 3.63) is 0 Å². The summed E-state index contributed by atoms with van der Waals surface area (Å²) >= 11 is 0. The van der Waals surface area contributed by atoms with Gasteiger partial charge in [-0.2, -0.15) is 0 Å². The highest BCUT2D eigenvalue weighted by Gasteiger charge is 2.28. The molecule has 2 aliphatic rings. The van der Waals surface area contributed by atoms with Crippen LogP contribution in [-0.2, 0) is 9.53 Å². The Bertz CT molecular complexity index is 322. The van der Waals surface area contributed by atoms with Crippen LogP contribution in [0.5, 0.6) is 0 Å². The number of carbonyl (C=O) groups is 1. The van der Waals surface area contributed by atoms with Crippen molar-refractivity contribution in [2.45, 2.75) is 25.8 Å². The fourth-order valence-electron chi connectivity index (χ4n) is 2.91. The maximum absolute atomic E-state index is 12.1. The molecule has 2 rings (SSSR count). The molecular formula is C15H30N4O2. The maximum atomic E-state index is 12.1. The van der Waals surface area contributed by atoms with Crippen molar-refractivity contribution in [3.63, 3.8) is 0 Å². The second-order valence-corrected chi connectivity index (χ2v) is 6.57. The zero-order valence-electron chi connectivity index (χ0n) is 13.5. The molecule has 0 atom stereocenters. The van der Waals surface area contributed by atoms with E-state index in [2.05, 4.69) is 34.3 Å². The molecule has 0 bridgehead atoms. The topological polar surface area (TPSA) is 56.8 Å². The molecule has 6 nitrogen and oxygen atoms in total. The molecule has 0 aromatic heterocycles. The van der Waals surface area contributed by atoms with E-state index >= 15 is 0 Å². The Labute approximate surface area is 128 Å². The zero-order valence-corrected chi connectivity index (χ0v) is 13.5. The number of nitrogens with zero attached hydrogens (tertiary/aromatic N) is 2. The van der Waals surface area contributed by atoms with Gasteiger partial charge in [-0.25, -0.2) is 0 Å². The van der Waals surface area contributed by atoms with E-state index in [9.17, 15) is 4.79 Å². The summed E-state index contributed by atoms with van der Waals surface area (Å²) in [4.78, 5) is 16.8. The Hall–Kier alpha value is -0.690. The predicted molar refractivity (Wildman–Crippen MR) is 83.4 cm³/mol. The standard InChI is InChI=1S/C15H30N4O2/c1-15(2,19-8-10-21-11-9-19)13-17-14(20)12-18-6-3-4-16-5-7-18/h16H,3-13H2,1-2H3,(H,17,20). The van der Waals surface area contributed by atoms with Crippen LogP contribution in [0.4, 0.5) is 0 Å². The molecule has 6 heteroatoms. The quantitative estimate of drug-likeness (QED) is 0.717. The van der Waals surface area contributed by atoms with E-state index in [1.165, 1.54) is 0 Å². The third-order valence-corrected chi connectivity index (χ3v) is 4.39. The second-order valence-electron chi connectivity index (χ2n) is 6.57. The van der Waals surface area contributed by atoms with Gasteiger partial charge in [-0.15, -0.1) is 0 Å². The van der Waals surface area contributed by atoms with Gasteiger partial charge in [0.05, 0.1) is 19.8 Å². The van der Waals surface area contributed by atoms with Gasteiger partial charge in [0.15, 0.2) is 0 Å². The van der Waals surface area contributed by atoms with E-state index in [1.54, 1.807) is 0 Å². The highest BCUT2D eigenvalue weighted by molar-refractivity contribution is 5.78. The molecule has 2 fully saturated rings. The van der Waals surface area contributed by atoms with E-state index in [0.717, 1.165) is 58.9 Å². The zero-order chi connectivity index (χ0) is 15.1. The SMILES string of the molecule is CC(C)(CNC(=O)CN1CCCNCC1)N1CCOCC1. The maximum Gasteiger partial charge on any atom is 0.234 e. The first-order valence-electron chi connectivity index (χ1n) is 8.10.